The number of hydrogen-bond donors (Lipinski definition) is 2. The molecule has 4 aromatic rings. The monoisotopic (exact) mass is 550 g/mol. The molecule has 0 amide bonds. The number of aliphatic hydroxyl groups excluding tert-OH is 1. The number of rotatable bonds is 9. The highest BCUT2D eigenvalue weighted by Gasteiger charge is 2.12. The minimum absolute atomic E-state index is 0.0174. The van der Waals surface area contributed by atoms with E-state index in [2.05, 4.69) is 31.3 Å². The molecule has 0 unspecified atom stereocenters. The molecule has 0 radical (unpaired) electrons. The predicted molar refractivity (Wildman–Crippen MR) is 141 cm³/mol. The number of aromatic amines is 1. The van der Waals surface area contributed by atoms with E-state index >= 15 is 0 Å². The summed E-state index contributed by atoms with van der Waals surface area (Å²) < 4.78 is 12.5. The molecular formula is C26H23ClN6O6. The van der Waals surface area contributed by atoms with Gasteiger partial charge < -0.3 is 14.6 Å². The summed E-state index contributed by atoms with van der Waals surface area (Å²) in [4.78, 5) is 52.6. The van der Waals surface area contributed by atoms with Crippen molar-refractivity contribution in [1.29, 1.82) is 0 Å². The number of carbonyl (C=O) groups is 1. The number of hydrogen-bond acceptors (Lipinski definition) is 9. The van der Waals surface area contributed by atoms with E-state index in [4.69, 9.17) is 16.3 Å². The molecule has 0 aliphatic carbocycles. The summed E-state index contributed by atoms with van der Waals surface area (Å²) in [5.41, 5.74) is 0.204. The van der Waals surface area contributed by atoms with E-state index in [-0.39, 0.29) is 36.9 Å². The second kappa shape index (κ2) is 12.2. The van der Waals surface area contributed by atoms with Crippen molar-refractivity contribution in [1.82, 2.24) is 24.1 Å². The van der Waals surface area contributed by atoms with Crippen LogP contribution in [0.15, 0.2) is 87.7 Å². The van der Waals surface area contributed by atoms with Crippen LogP contribution in [0.25, 0.3) is 0 Å². The third-order valence-corrected chi connectivity index (χ3v) is 5.61. The fourth-order valence-corrected chi connectivity index (χ4v) is 3.51. The summed E-state index contributed by atoms with van der Waals surface area (Å²) in [6.45, 7) is 3.24. The molecule has 2 aromatic carbocycles. The largest absolute Gasteiger partial charge is 0.464 e. The van der Waals surface area contributed by atoms with Gasteiger partial charge in [0, 0.05) is 5.02 Å². The number of esters is 1. The first kappa shape index (κ1) is 27.2. The van der Waals surface area contributed by atoms with Crippen LogP contribution in [0.5, 0.6) is 11.6 Å². The van der Waals surface area contributed by atoms with Crippen LogP contribution in [0.1, 0.15) is 16.1 Å². The molecule has 0 saturated carbocycles. The van der Waals surface area contributed by atoms with Crippen molar-refractivity contribution in [3.8, 4) is 11.6 Å². The van der Waals surface area contributed by atoms with Gasteiger partial charge in [-0.3, -0.25) is 9.55 Å². The molecule has 12 nitrogen and oxygen atoms in total. The third-order valence-electron chi connectivity index (χ3n) is 5.36. The summed E-state index contributed by atoms with van der Waals surface area (Å²) in [5.74, 6) is -0.0440. The molecule has 0 atom stereocenters. The lowest BCUT2D eigenvalue weighted by molar-refractivity contribution is 0.0593. The Labute approximate surface area is 226 Å². The average Bonchev–Trinajstić information content (AvgIpc) is 2.95. The van der Waals surface area contributed by atoms with Crippen LogP contribution in [0, 0.1) is 0 Å². The normalized spacial score (nSPS) is 11.3. The number of methoxy groups -OCH3 is 1. The fourth-order valence-electron chi connectivity index (χ4n) is 3.38. The number of nitrogens with one attached hydrogen (secondary N) is 1. The molecule has 2 aromatic heterocycles. The molecule has 0 aliphatic heterocycles. The van der Waals surface area contributed by atoms with Crippen LogP contribution in [0.3, 0.4) is 0 Å². The number of benzene rings is 2. The quantitative estimate of drug-likeness (QED) is 0.237. The summed E-state index contributed by atoms with van der Waals surface area (Å²) >= 11 is 5.98. The molecular weight excluding hydrogens is 528 g/mol. The Bertz CT molecular complexity index is 1670. The molecule has 2 N–H and O–H groups in total. The molecule has 0 fully saturated rings. The van der Waals surface area contributed by atoms with E-state index in [9.17, 15) is 19.5 Å². The molecule has 39 heavy (non-hydrogen) atoms. The maximum Gasteiger partial charge on any atom is 0.358 e. The first-order chi connectivity index (χ1) is 18.8. The fraction of sp³-hybridized carbons (Fsp3) is 0.154. The average molecular weight is 551 g/mol. The van der Waals surface area contributed by atoms with Gasteiger partial charge in [-0.1, -0.05) is 30.3 Å². The second-order valence-electron chi connectivity index (χ2n) is 8.18. The molecule has 0 bridgehead atoms. The number of ether oxygens (including phenoxy) is 2. The number of halogens is 1. The van der Waals surface area contributed by atoms with Gasteiger partial charge in [0.05, 0.1) is 44.9 Å². The highest BCUT2D eigenvalue weighted by Crippen LogP contribution is 2.22. The minimum Gasteiger partial charge on any atom is -0.464 e. The van der Waals surface area contributed by atoms with Crippen LogP contribution in [-0.2, 0) is 17.8 Å². The number of aromatic nitrogens is 5. The zero-order valence-corrected chi connectivity index (χ0v) is 21.5. The van der Waals surface area contributed by atoms with Crippen molar-refractivity contribution in [3.63, 3.8) is 0 Å². The van der Waals surface area contributed by atoms with Gasteiger partial charge in [-0.25, -0.2) is 33.9 Å². The van der Waals surface area contributed by atoms with Crippen LogP contribution in [0.2, 0.25) is 5.02 Å². The Hall–Kier alpha value is -4.81. The lowest BCUT2D eigenvalue weighted by atomic mass is 10.2. The van der Waals surface area contributed by atoms with Crippen molar-refractivity contribution in [2.24, 2.45) is 4.99 Å². The number of aliphatic hydroxyl groups is 1. The molecule has 200 valence electrons. The zero-order chi connectivity index (χ0) is 27.9. The van der Waals surface area contributed by atoms with Gasteiger partial charge in [-0.2, -0.15) is 0 Å². The second-order valence-corrected chi connectivity index (χ2v) is 8.62. The molecule has 0 spiro atoms. The molecule has 0 saturated heterocycles. The van der Waals surface area contributed by atoms with Crippen molar-refractivity contribution in [2.75, 3.05) is 13.7 Å². The Morgan fingerprint density at radius 2 is 1.79 bits per heavy atom. The number of carbonyl (C=O) groups excluding carboxylic acids is 1. The Balaban J connectivity index is 1.67. The van der Waals surface area contributed by atoms with Gasteiger partial charge in [-0.15, -0.1) is 0 Å². The smallest absolute Gasteiger partial charge is 0.358 e. The number of H-pyrrole nitrogens is 1. The Kier molecular flexibility index (Phi) is 8.49. The summed E-state index contributed by atoms with van der Waals surface area (Å²) in [5, 5.41) is 9.86. The standard InChI is InChI=1S/C26H23ClN6O6/c1-16(15-34)13-33-25(36)31-24(32(26(33)37)14-17-3-5-18(27)6-4-17)30-19-7-9-20(10-8-19)39-22-12-28-21(11-29-22)23(35)38-2/h3-12,34H,1,13-15H2,2H3,(H,30,31,36). The highest BCUT2D eigenvalue weighted by molar-refractivity contribution is 6.30. The zero-order valence-electron chi connectivity index (χ0n) is 20.7. The van der Waals surface area contributed by atoms with E-state index in [1.54, 1.807) is 48.5 Å². The lowest BCUT2D eigenvalue weighted by Gasteiger charge is -2.12. The van der Waals surface area contributed by atoms with Crippen molar-refractivity contribution < 1.29 is 19.4 Å². The highest BCUT2D eigenvalue weighted by atomic mass is 35.5. The first-order valence-corrected chi connectivity index (χ1v) is 11.8. The van der Waals surface area contributed by atoms with E-state index in [0.29, 0.717) is 22.0 Å². The van der Waals surface area contributed by atoms with Gasteiger partial charge >= 0.3 is 17.3 Å². The summed E-state index contributed by atoms with van der Waals surface area (Å²) in [6.07, 6.45) is 2.52. The van der Waals surface area contributed by atoms with Gasteiger partial charge in [0.2, 0.25) is 11.5 Å². The minimum atomic E-state index is -0.699. The molecule has 4 rings (SSSR count). The van der Waals surface area contributed by atoms with Crippen molar-refractivity contribution in [3.05, 3.63) is 116 Å². The topological polar surface area (TPSA) is 154 Å². The van der Waals surface area contributed by atoms with Gasteiger partial charge in [-0.05, 0) is 47.5 Å². The van der Waals surface area contributed by atoms with E-state index in [1.807, 2.05) is 0 Å². The summed E-state index contributed by atoms with van der Waals surface area (Å²) in [6, 6.07) is 13.4. The van der Waals surface area contributed by atoms with Crippen molar-refractivity contribution >= 4 is 23.3 Å². The maximum absolute atomic E-state index is 13.3. The predicted octanol–water partition coefficient (Wildman–Crippen LogP) is 2.19. The molecule has 0 aliphatic rings. The first-order valence-electron chi connectivity index (χ1n) is 11.5. The van der Waals surface area contributed by atoms with Gasteiger partial charge in [0.15, 0.2) is 5.69 Å². The van der Waals surface area contributed by atoms with Crippen LogP contribution >= 0.6 is 11.6 Å². The summed E-state index contributed by atoms with van der Waals surface area (Å²) in [7, 11) is 1.25. The van der Waals surface area contributed by atoms with E-state index in [1.165, 1.54) is 24.1 Å². The van der Waals surface area contributed by atoms with E-state index < -0.39 is 17.3 Å². The Morgan fingerprint density at radius 3 is 2.41 bits per heavy atom. The maximum atomic E-state index is 13.3. The molecule has 13 heteroatoms. The van der Waals surface area contributed by atoms with E-state index in [0.717, 1.165) is 10.1 Å². The van der Waals surface area contributed by atoms with Crippen LogP contribution in [0.4, 0.5) is 5.69 Å². The SMILES string of the molecule is C=C(CO)Cn1c(=O)[nH]/c(=N\c2ccc(Oc3cnc(C(=O)OC)cn3)cc2)n(Cc2ccc(Cl)cc2)c1=O. The Morgan fingerprint density at radius 1 is 1.08 bits per heavy atom. The van der Waals surface area contributed by atoms with Gasteiger partial charge in [0.25, 0.3) is 0 Å². The van der Waals surface area contributed by atoms with Crippen LogP contribution < -0.4 is 21.7 Å². The van der Waals surface area contributed by atoms with Gasteiger partial charge in [0.1, 0.15) is 5.75 Å². The molecule has 2 heterocycles. The third kappa shape index (κ3) is 6.74. The van der Waals surface area contributed by atoms with Crippen molar-refractivity contribution in [2.45, 2.75) is 13.1 Å². The van der Waals surface area contributed by atoms with Crippen LogP contribution in [-0.4, -0.2) is 48.9 Å². The lowest BCUT2D eigenvalue weighted by Crippen LogP contribution is -2.50. The number of nitrogens with zero attached hydrogens (tertiary/aromatic N) is 5.